The van der Waals surface area contributed by atoms with Gasteiger partial charge in [-0.3, -0.25) is 4.79 Å². The molecular weight excluding hydrogens is 394 g/mol. The summed E-state index contributed by atoms with van der Waals surface area (Å²) in [5, 5.41) is 6.86. The summed E-state index contributed by atoms with van der Waals surface area (Å²) in [5.41, 5.74) is 7.18. The molecule has 0 unspecified atom stereocenters. The third kappa shape index (κ3) is 5.10. The van der Waals surface area contributed by atoms with Crippen molar-refractivity contribution in [1.82, 2.24) is 15.3 Å². The third-order valence-electron chi connectivity index (χ3n) is 5.13. The van der Waals surface area contributed by atoms with E-state index in [1.165, 1.54) is 6.42 Å². The molecule has 2 aromatic carbocycles. The summed E-state index contributed by atoms with van der Waals surface area (Å²) < 4.78 is 11.3. The predicted octanol–water partition coefficient (Wildman–Crippen LogP) is 3.21. The summed E-state index contributed by atoms with van der Waals surface area (Å²) in [7, 11) is 1.62. The van der Waals surface area contributed by atoms with E-state index in [1.54, 1.807) is 31.5 Å². The van der Waals surface area contributed by atoms with Crippen molar-refractivity contribution in [3.63, 3.8) is 0 Å². The van der Waals surface area contributed by atoms with Gasteiger partial charge in [-0.25, -0.2) is 4.98 Å². The molecule has 0 spiro atoms. The van der Waals surface area contributed by atoms with Crippen LogP contribution in [0.1, 0.15) is 23.2 Å². The molecule has 0 aliphatic carbocycles. The Kier molecular flexibility index (Phi) is 6.28. The van der Waals surface area contributed by atoms with Crippen molar-refractivity contribution in [2.45, 2.75) is 18.9 Å². The van der Waals surface area contributed by atoms with Crippen molar-refractivity contribution in [1.29, 1.82) is 0 Å². The fourth-order valence-electron chi connectivity index (χ4n) is 3.44. The van der Waals surface area contributed by atoms with Gasteiger partial charge in [0.25, 0.3) is 0 Å². The maximum absolute atomic E-state index is 11.5. The number of hydrogen-bond acceptors (Lipinski definition) is 7. The van der Waals surface area contributed by atoms with Gasteiger partial charge in [-0.1, -0.05) is 12.1 Å². The maximum atomic E-state index is 11.5. The van der Waals surface area contributed by atoms with E-state index in [1.807, 2.05) is 30.3 Å². The predicted molar refractivity (Wildman–Crippen MR) is 119 cm³/mol. The van der Waals surface area contributed by atoms with E-state index < -0.39 is 5.91 Å². The first-order valence-electron chi connectivity index (χ1n) is 10.2. The van der Waals surface area contributed by atoms with Crippen LogP contribution in [0.4, 0.5) is 5.69 Å². The van der Waals surface area contributed by atoms with Gasteiger partial charge in [-0.2, -0.15) is 4.98 Å². The van der Waals surface area contributed by atoms with E-state index in [0.717, 1.165) is 25.3 Å². The van der Waals surface area contributed by atoms with Gasteiger partial charge >= 0.3 is 0 Å². The minimum absolute atomic E-state index is 0.397. The summed E-state index contributed by atoms with van der Waals surface area (Å²) >= 11 is 0. The van der Waals surface area contributed by atoms with Crippen molar-refractivity contribution < 1.29 is 14.3 Å². The molecule has 1 fully saturated rings. The smallest absolute Gasteiger partial charge is 0.248 e. The Morgan fingerprint density at radius 3 is 2.74 bits per heavy atom. The molecule has 8 heteroatoms. The number of primary amides is 1. The number of ether oxygens (including phenoxy) is 2. The van der Waals surface area contributed by atoms with E-state index in [9.17, 15) is 4.79 Å². The molecule has 1 aliphatic rings. The molecule has 3 aromatic rings. The van der Waals surface area contributed by atoms with Crippen molar-refractivity contribution in [3.05, 3.63) is 60.3 Å². The van der Waals surface area contributed by atoms with Gasteiger partial charge in [0.1, 0.15) is 17.2 Å². The average Bonchev–Trinajstić information content (AvgIpc) is 3.32. The molecule has 31 heavy (non-hydrogen) atoms. The van der Waals surface area contributed by atoms with Gasteiger partial charge in [0.05, 0.1) is 13.3 Å². The normalized spacial score (nSPS) is 15.5. The topological polar surface area (TPSA) is 111 Å². The number of nitrogens with two attached hydrogens (primary N) is 1. The number of methoxy groups -OCH3 is 1. The molecule has 1 aromatic heterocycles. The van der Waals surface area contributed by atoms with Crippen molar-refractivity contribution in [3.8, 4) is 28.8 Å². The largest absolute Gasteiger partial charge is 0.497 e. The average molecular weight is 419 g/mol. The fourth-order valence-corrected chi connectivity index (χ4v) is 3.44. The second kappa shape index (κ2) is 9.44. The van der Waals surface area contributed by atoms with Crippen LogP contribution in [0.25, 0.3) is 11.4 Å². The van der Waals surface area contributed by atoms with E-state index in [-0.39, 0.29) is 0 Å². The lowest BCUT2D eigenvalue weighted by Gasteiger charge is -2.16. The van der Waals surface area contributed by atoms with Crippen LogP contribution in [0.3, 0.4) is 0 Å². The van der Waals surface area contributed by atoms with Gasteiger partial charge in [0.2, 0.25) is 11.8 Å². The highest BCUT2D eigenvalue weighted by Crippen LogP contribution is 2.30. The van der Waals surface area contributed by atoms with Crippen molar-refractivity contribution in [2.24, 2.45) is 5.73 Å². The van der Waals surface area contributed by atoms with Crippen LogP contribution in [0.15, 0.2) is 54.7 Å². The number of nitrogens with zero attached hydrogens (tertiary/aromatic N) is 2. The zero-order valence-corrected chi connectivity index (χ0v) is 17.3. The SMILES string of the molecule is COc1ccc(Oc2nc(-c3cccc(C(N)=O)c3)ncc2NC[C@@H]2CCCN2)cc1. The van der Waals surface area contributed by atoms with Gasteiger partial charge in [-0.15, -0.1) is 0 Å². The number of rotatable bonds is 8. The summed E-state index contributed by atoms with van der Waals surface area (Å²) in [4.78, 5) is 20.6. The van der Waals surface area contributed by atoms with E-state index in [2.05, 4.69) is 20.6 Å². The van der Waals surface area contributed by atoms with Crippen LogP contribution in [0.2, 0.25) is 0 Å². The van der Waals surface area contributed by atoms with Crippen LogP contribution < -0.4 is 25.8 Å². The summed E-state index contributed by atoms with van der Waals surface area (Å²) in [6, 6.07) is 14.6. The van der Waals surface area contributed by atoms with Crippen molar-refractivity contribution in [2.75, 3.05) is 25.5 Å². The number of anilines is 1. The molecule has 160 valence electrons. The van der Waals surface area contributed by atoms with Crippen LogP contribution in [-0.4, -0.2) is 42.1 Å². The lowest BCUT2D eigenvalue weighted by Crippen LogP contribution is -2.29. The molecule has 2 heterocycles. The fraction of sp³-hybridized carbons (Fsp3) is 0.261. The first-order valence-corrected chi connectivity index (χ1v) is 10.2. The molecule has 4 rings (SSSR count). The Balaban J connectivity index is 1.63. The summed E-state index contributed by atoms with van der Waals surface area (Å²) in [6.07, 6.45) is 4.00. The number of nitrogens with one attached hydrogen (secondary N) is 2. The van der Waals surface area contributed by atoms with Gasteiger partial charge in [-0.05, 0) is 55.8 Å². The van der Waals surface area contributed by atoms with Crippen LogP contribution in [0.5, 0.6) is 17.4 Å². The zero-order chi connectivity index (χ0) is 21.6. The first-order chi connectivity index (χ1) is 15.1. The molecule has 8 nitrogen and oxygen atoms in total. The van der Waals surface area contributed by atoms with Gasteiger partial charge < -0.3 is 25.8 Å². The quantitative estimate of drug-likeness (QED) is 0.514. The van der Waals surface area contributed by atoms with Crippen LogP contribution >= 0.6 is 0 Å². The second-order valence-electron chi connectivity index (χ2n) is 7.31. The zero-order valence-electron chi connectivity index (χ0n) is 17.3. The lowest BCUT2D eigenvalue weighted by atomic mass is 10.1. The molecule has 1 aliphatic heterocycles. The number of amides is 1. The van der Waals surface area contributed by atoms with Crippen LogP contribution in [0, 0.1) is 0 Å². The lowest BCUT2D eigenvalue weighted by molar-refractivity contribution is 0.100. The van der Waals surface area contributed by atoms with Crippen LogP contribution in [-0.2, 0) is 0 Å². The highest BCUT2D eigenvalue weighted by atomic mass is 16.5. The molecule has 0 radical (unpaired) electrons. The molecule has 0 bridgehead atoms. The Hall–Kier alpha value is -3.65. The van der Waals surface area contributed by atoms with E-state index in [0.29, 0.717) is 40.3 Å². The molecule has 4 N–H and O–H groups in total. The standard InChI is InChI=1S/C23H25N5O3/c1-30-18-7-9-19(10-8-18)31-23-20(26-13-17-6-3-11-25-17)14-27-22(28-23)16-5-2-4-15(12-16)21(24)29/h2,4-5,7-10,12,14,17,25-26H,3,6,11,13H2,1H3,(H2,24,29)/t17-/m0/s1. The molecule has 1 saturated heterocycles. The highest BCUT2D eigenvalue weighted by molar-refractivity contribution is 5.93. The van der Waals surface area contributed by atoms with Crippen molar-refractivity contribution >= 4 is 11.6 Å². The van der Waals surface area contributed by atoms with E-state index >= 15 is 0 Å². The molecule has 1 atom stereocenters. The number of carbonyl (C=O) groups is 1. The maximum Gasteiger partial charge on any atom is 0.248 e. The highest BCUT2D eigenvalue weighted by Gasteiger charge is 2.17. The number of hydrogen-bond donors (Lipinski definition) is 3. The Morgan fingerprint density at radius 2 is 2.03 bits per heavy atom. The monoisotopic (exact) mass is 419 g/mol. The first kappa shape index (κ1) is 20.6. The van der Waals surface area contributed by atoms with Gasteiger partial charge in [0, 0.05) is 23.7 Å². The molecule has 1 amide bonds. The van der Waals surface area contributed by atoms with E-state index in [4.69, 9.17) is 15.2 Å². The number of carbonyl (C=O) groups excluding carboxylic acids is 1. The minimum Gasteiger partial charge on any atom is -0.497 e. The second-order valence-corrected chi connectivity index (χ2v) is 7.31. The number of benzene rings is 2. The number of aromatic nitrogens is 2. The molecular formula is C23H25N5O3. The summed E-state index contributed by atoms with van der Waals surface area (Å²) in [5.74, 6) is 1.70. The third-order valence-corrected chi connectivity index (χ3v) is 5.13. The van der Waals surface area contributed by atoms with Gasteiger partial charge in [0.15, 0.2) is 5.82 Å². The summed E-state index contributed by atoms with van der Waals surface area (Å²) in [6.45, 7) is 1.78. The Bertz CT molecular complexity index is 1050. The Labute approximate surface area is 180 Å². The molecule has 0 saturated carbocycles. The Morgan fingerprint density at radius 1 is 1.23 bits per heavy atom. The minimum atomic E-state index is -0.501.